The van der Waals surface area contributed by atoms with E-state index in [2.05, 4.69) is 5.32 Å². The maximum Gasteiger partial charge on any atom is 0.257 e. The van der Waals surface area contributed by atoms with Crippen LogP contribution in [0.25, 0.3) is 0 Å². The molecule has 1 amide bonds. The smallest absolute Gasteiger partial charge is 0.257 e. The van der Waals surface area contributed by atoms with Crippen LogP contribution in [0.5, 0.6) is 0 Å². The van der Waals surface area contributed by atoms with Gasteiger partial charge < -0.3 is 5.32 Å². The molecule has 0 spiro atoms. The number of benzene rings is 2. The standard InChI is InChI=1S/C15H13ClFNO3S/c1-22(20,21)9-10-6-7-11(8-14(10)17)18-15(19)12-4-2-3-5-13(12)16/h2-8H,9H2,1H3,(H,18,19). The molecule has 0 radical (unpaired) electrons. The van der Waals surface area contributed by atoms with Crippen LogP contribution in [0.1, 0.15) is 15.9 Å². The summed E-state index contributed by atoms with van der Waals surface area (Å²) in [5, 5.41) is 2.80. The zero-order valence-electron chi connectivity index (χ0n) is 11.6. The third kappa shape index (κ3) is 4.29. The number of anilines is 1. The zero-order chi connectivity index (χ0) is 16.3. The number of carbonyl (C=O) groups excluding carboxylic acids is 1. The fraction of sp³-hybridized carbons (Fsp3) is 0.133. The first kappa shape index (κ1) is 16.5. The molecule has 4 nitrogen and oxygen atoms in total. The second-order valence-corrected chi connectivity index (χ2v) is 7.36. The second-order valence-electron chi connectivity index (χ2n) is 4.81. The van der Waals surface area contributed by atoms with E-state index in [1.807, 2.05) is 0 Å². The Morgan fingerprint density at radius 1 is 1.23 bits per heavy atom. The van der Waals surface area contributed by atoms with E-state index in [0.717, 1.165) is 12.3 Å². The maximum atomic E-state index is 13.9. The zero-order valence-corrected chi connectivity index (χ0v) is 13.2. The Balaban J connectivity index is 2.19. The van der Waals surface area contributed by atoms with Crippen LogP contribution in [0, 0.1) is 5.82 Å². The molecule has 0 saturated carbocycles. The Labute approximate surface area is 132 Å². The van der Waals surface area contributed by atoms with Crippen LogP contribution in [0.15, 0.2) is 42.5 Å². The second kappa shape index (κ2) is 6.46. The number of carbonyl (C=O) groups is 1. The van der Waals surface area contributed by atoms with E-state index >= 15 is 0 Å². The van der Waals surface area contributed by atoms with Gasteiger partial charge in [-0.15, -0.1) is 0 Å². The van der Waals surface area contributed by atoms with Gasteiger partial charge in [-0.05, 0) is 24.3 Å². The minimum atomic E-state index is -3.33. The van der Waals surface area contributed by atoms with Crippen LogP contribution in [-0.4, -0.2) is 20.6 Å². The summed E-state index contributed by atoms with van der Waals surface area (Å²) in [5.41, 5.74) is 0.544. The number of nitrogens with one attached hydrogen (secondary N) is 1. The molecule has 2 rings (SSSR count). The number of hydrogen-bond donors (Lipinski definition) is 1. The minimum absolute atomic E-state index is 0.0539. The summed E-state index contributed by atoms with van der Waals surface area (Å²) in [6, 6.07) is 10.3. The van der Waals surface area contributed by atoms with Gasteiger partial charge in [0.25, 0.3) is 5.91 Å². The van der Waals surface area contributed by atoms with Gasteiger partial charge in [0.15, 0.2) is 9.84 Å². The molecule has 0 aliphatic heterocycles. The Morgan fingerprint density at radius 3 is 2.50 bits per heavy atom. The van der Waals surface area contributed by atoms with Gasteiger partial charge in [0, 0.05) is 17.5 Å². The quantitative estimate of drug-likeness (QED) is 0.928. The summed E-state index contributed by atoms with van der Waals surface area (Å²) < 4.78 is 36.2. The SMILES string of the molecule is CS(=O)(=O)Cc1ccc(NC(=O)c2ccccc2Cl)cc1F. The lowest BCUT2D eigenvalue weighted by molar-refractivity contribution is 0.102. The lowest BCUT2D eigenvalue weighted by Crippen LogP contribution is -2.13. The predicted octanol–water partition coefficient (Wildman–Crippen LogP) is 3.28. The van der Waals surface area contributed by atoms with E-state index in [0.29, 0.717) is 0 Å². The molecule has 0 atom stereocenters. The van der Waals surface area contributed by atoms with Crippen molar-refractivity contribution in [1.82, 2.24) is 0 Å². The first-order chi connectivity index (χ1) is 10.3. The predicted molar refractivity (Wildman–Crippen MR) is 84.4 cm³/mol. The third-order valence-electron chi connectivity index (χ3n) is 2.85. The van der Waals surface area contributed by atoms with Crippen molar-refractivity contribution >= 4 is 33.0 Å². The van der Waals surface area contributed by atoms with E-state index in [1.165, 1.54) is 12.1 Å². The highest BCUT2D eigenvalue weighted by molar-refractivity contribution is 7.89. The van der Waals surface area contributed by atoms with E-state index in [9.17, 15) is 17.6 Å². The van der Waals surface area contributed by atoms with Crippen molar-refractivity contribution in [3.63, 3.8) is 0 Å². The average molecular weight is 342 g/mol. The highest BCUT2D eigenvalue weighted by Crippen LogP contribution is 2.20. The molecule has 0 aliphatic carbocycles. The van der Waals surface area contributed by atoms with Crippen LogP contribution in [0.2, 0.25) is 5.02 Å². The maximum absolute atomic E-state index is 13.9. The van der Waals surface area contributed by atoms with Gasteiger partial charge in [-0.2, -0.15) is 0 Å². The number of hydrogen-bond acceptors (Lipinski definition) is 3. The molecule has 0 unspecified atom stereocenters. The summed E-state index contributed by atoms with van der Waals surface area (Å²) in [6.07, 6.45) is 1.03. The monoisotopic (exact) mass is 341 g/mol. The van der Waals surface area contributed by atoms with Gasteiger partial charge in [-0.3, -0.25) is 4.79 Å². The van der Waals surface area contributed by atoms with Crippen molar-refractivity contribution in [2.24, 2.45) is 0 Å². The van der Waals surface area contributed by atoms with Crippen molar-refractivity contribution < 1.29 is 17.6 Å². The summed E-state index contributed by atoms with van der Waals surface area (Å²) >= 11 is 5.91. The first-order valence-electron chi connectivity index (χ1n) is 6.28. The Morgan fingerprint density at radius 2 is 1.91 bits per heavy atom. The molecule has 2 aromatic carbocycles. The van der Waals surface area contributed by atoms with Gasteiger partial charge in [0.1, 0.15) is 5.82 Å². The highest BCUT2D eigenvalue weighted by atomic mass is 35.5. The minimum Gasteiger partial charge on any atom is -0.322 e. The van der Waals surface area contributed by atoms with Crippen LogP contribution >= 0.6 is 11.6 Å². The largest absolute Gasteiger partial charge is 0.322 e. The van der Waals surface area contributed by atoms with Crippen molar-refractivity contribution in [3.05, 3.63) is 64.4 Å². The van der Waals surface area contributed by atoms with E-state index in [-0.39, 0.29) is 21.8 Å². The van der Waals surface area contributed by atoms with E-state index < -0.39 is 27.3 Å². The van der Waals surface area contributed by atoms with Crippen LogP contribution in [0.3, 0.4) is 0 Å². The van der Waals surface area contributed by atoms with Gasteiger partial charge in [0.2, 0.25) is 0 Å². The Kier molecular flexibility index (Phi) is 4.83. The molecular formula is C15H13ClFNO3S. The highest BCUT2D eigenvalue weighted by Gasteiger charge is 2.13. The molecule has 0 bridgehead atoms. The molecule has 2 aromatic rings. The number of halogens is 2. The van der Waals surface area contributed by atoms with Gasteiger partial charge >= 0.3 is 0 Å². The fourth-order valence-electron chi connectivity index (χ4n) is 1.87. The summed E-state index contributed by atoms with van der Waals surface area (Å²) in [6.45, 7) is 0. The average Bonchev–Trinajstić information content (AvgIpc) is 2.41. The van der Waals surface area contributed by atoms with E-state index in [4.69, 9.17) is 11.6 Å². The van der Waals surface area contributed by atoms with Crippen LogP contribution in [-0.2, 0) is 15.6 Å². The molecule has 0 saturated heterocycles. The first-order valence-corrected chi connectivity index (χ1v) is 8.72. The normalized spacial score (nSPS) is 11.2. The lowest BCUT2D eigenvalue weighted by atomic mass is 10.2. The van der Waals surface area contributed by atoms with Crippen molar-refractivity contribution in [1.29, 1.82) is 0 Å². The molecule has 0 aromatic heterocycles. The van der Waals surface area contributed by atoms with Gasteiger partial charge in [-0.1, -0.05) is 29.8 Å². The van der Waals surface area contributed by atoms with E-state index in [1.54, 1.807) is 24.3 Å². The molecule has 0 heterocycles. The number of rotatable bonds is 4. The number of sulfone groups is 1. The summed E-state index contributed by atoms with van der Waals surface area (Å²) in [5.74, 6) is -1.55. The van der Waals surface area contributed by atoms with Gasteiger partial charge in [0.05, 0.1) is 16.3 Å². The molecule has 22 heavy (non-hydrogen) atoms. The molecule has 0 aliphatic rings. The molecule has 7 heteroatoms. The number of amides is 1. The van der Waals surface area contributed by atoms with Crippen LogP contribution in [0.4, 0.5) is 10.1 Å². The Hall–Kier alpha value is -1.92. The lowest BCUT2D eigenvalue weighted by Gasteiger charge is -2.08. The molecule has 116 valence electrons. The summed E-state index contributed by atoms with van der Waals surface area (Å²) in [7, 11) is -3.33. The molecule has 1 N–H and O–H groups in total. The molecule has 0 fully saturated rings. The molecular weight excluding hydrogens is 329 g/mol. The summed E-state index contributed by atoms with van der Waals surface area (Å²) in [4.78, 5) is 12.0. The van der Waals surface area contributed by atoms with Crippen molar-refractivity contribution in [2.75, 3.05) is 11.6 Å². The Bertz CT molecular complexity index is 821. The topological polar surface area (TPSA) is 63.2 Å². The van der Waals surface area contributed by atoms with Crippen LogP contribution < -0.4 is 5.32 Å². The van der Waals surface area contributed by atoms with Crippen molar-refractivity contribution in [3.8, 4) is 0 Å². The van der Waals surface area contributed by atoms with Gasteiger partial charge in [-0.25, -0.2) is 12.8 Å². The third-order valence-corrected chi connectivity index (χ3v) is 4.01. The van der Waals surface area contributed by atoms with Crippen molar-refractivity contribution in [2.45, 2.75) is 5.75 Å². The fourth-order valence-corrected chi connectivity index (χ4v) is 2.89.